The van der Waals surface area contributed by atoms with Gasteiger partial charge >= 0.3 is 0 Å². The fourth-order valence-corrected chi connectivity index (χ4v) is 3.68. The minimum atomic E-state index is 0.166. The lowest BCUT2D eigenvalue weighted by Gasteiger charge is -2.31. The second-order valence-corrected chi connectivity index (χ2v) is 5.17. The Hall–Kier alpha value is -0.410. The minimum Gasteiger partial charge on any atom is -0.308 e. The van der Waals surface area contributed by atoms with Crippen molar-refractivity contribution in [3.63, 3.8) is 0 Å². The number of hydrogen-bond acceptors (Lipinski definition) is 3. The van der Waals surface area contributed by atoms with Gasteiger partial charge in [0, 0.05) is 11.1 Å². The largest absolute Gasteiger partial charge is 0.308 e. The van der Waals surface area contributed by atoms with Crippen molar-refractivity contribution in [3.05, 3.63) is 16.1 Å². The third-order valence-corrected chi connectivity index (χ3v) is 4.63. The van der Waals surface area contributed by atoms with Crippen LogP contribution < -0.4 is 5.32 Å². The highest BCUT2D eigenvalue weighted by Crippen LogP contribution is 2.43. The lowest BCUT2D eigenvalue weighted by molar-refractivity contribution is 0.282. The zero-order valence-corrected chi connectivity index (χ0v) is 9.95. The molecule has 14 heavy (non-hydrogen) atoms. The molecule has 0 aromatic carbocycles. The van der Waals surface area contributed by atoms with Gasteiger partial charge in [-0.05, 0) is 32.7 Å². The monoisotopic (exact) mass is 210 g/mol. The first kappa shape index (κ1) is 10.1. The molecule has 1 heterocycles. The van der Waals surface area contributed by atoms with E-state index in [2.05, 4.69) is 36.6 Å². The molecule has 0 spiro atoms. The van der Waals surface area contributed by atoms with Crippen LogP contribution in [0.15, 0.2) is 5.38 Å². The van der Waals surface area contributed by atoms with Gasteiger partial charge in [-0.3, -0.25) is 0 Å². The van der Waals surface area contributed by atoms with Crippen LogP contribution in [0.25, 0.3) is 0 Å². The Morgan fingerprint density at radius 3 is 2.86 bits per heavy atom. The average Bonchev–Trinajstić information content (AvgIpc) is 2.73. The lowest BCUT2D eigenvalue weighted by atomic mass is 9.89. The minimum absolute atomic E-state index is 0.166. The second kappa shape index (κ2) is 3.63. The van der Waals surface area contributed by atoms with Crippen molar-refractivity contribution in [2.75, 3.05) is 7.05 Å². The van der Waals surface area contributed by atoms with Gasteiger partial charge in [-0.25, -0.2) is 4.98 Å². The molecule has 2 nitrogen and oxygen atoms in total. The summed E-state index contributed by atoms with van der Waals surface area (Å²) >= 11 is 1.80. The summed E-state index contributed by atoms with van der Waals surface area (Å²) in [6, 6.07) is 0. The quantitative estimate of drug-likeness (QED) is 0.812. The third kappa shape index (κ3) is 1.39. The van der Waals surface area contributed by atoms with E-state index in [0.717, 1.165) is 5.69 Å². The predicted octanol–water partition coefficient (Wildman–Crippen LogP) is 2.69. The summed E-state index contributed by atoms with van der Waals surface area (Å²) in [4.78, 5) is 4.64. The van der Waals surface area contributed by atoms with E-state index in [1.165, 1.54) is 24.3 Å². The zero-order chi connectivity index (χ0) is 10.2. The molecule has 0 aliphatic heterocycles. The first-order valence-electron chi connectivity index (χ1n) is 5.30. The summed E-state index contributed by atoms with van der Waals surface area (Å²) in [5.41, 5.74) is 1.32. The highest BCUT2D eigenvalue weighted by Gasteiger charge is 2.42. The van der Waals surface area contributed by atoms with Gasteiger partial charge in [0.15, 0.2) is 0 Å². The van der Waals surface area contributed by atoms with Crippen molar-refractivity contribution >= 4 is 11.3 Å². The van der Waals surface area contributed by atoms with Gasteiger partial charge in [-0.2, -0.15) is 0 Å². The van der Waals surface area contributed by atoms with Crippen molar-refractivity contribution in [2.45, 2.75) is 38.6 Å². The third-order valence-electron chi connectivity index (χ3n) is 3.50. The Kier molecular flexibility index (Phi) is 2.62. The van der Waals surface area contributed by atoms with Crippen LogP contribution in [0.5, 0.6) is 0 Å². The van der Waals surface area contributed by atoms with Gasteiger partial charge < -0.3 is 5.32 Å². The topological polar surface area (TPSA) is 24.9 Å². The Bertz CT molecular complexity index is 321. The first-order valence-corrected chi connectivity index (χ1v) is 6.18. The molecule has 1 aliphatic rings. The maximum Gasteiger partial charge on any atom is 0.113 e. The fourth-order valence-electron chi connectivity index (χ4n) is 2.53. The summed E-state index contributed by atoms with van der Waals surface area (Å²) in [6.07, 6.45) is 3.87. The predicted molar refractivity (Wildman–Crippen MR) is 60.6 cm³/mol. The van der Waals surface area contributed by atoms with Crippen molar-refractivity contribution in [2.24, 2.45) is 5.92 Å². The van der Waals surface area contributed by atoms with Gasteiger partial charge in [0.2, 0.25) is 0 Å². The van der Waals surface area contributed by atoms with E-state index in [1.807, 2.05) is 0 Å². The molecule has 78 valence electrons. The van der Waals surface area contributed by atoms with Crippen LogP contribution in [0.1, 0.15) is 36.9 Å². The van der Waals surface area contributed by atoms with Gasteiger partial charge in [-0.15, -0.1) is 11.3 Å². The Morgan fingerprint density at radius 2 is 2.43 bits per heavy atom. The van der Waals surface area contributed by atoms with E-state index in [9.17, 15) is 0 Å². The van der Waals surface area contributed by atoms with E-state index in [1.54, 1.807) is 11.3 Å². The van der Waals surface area contributed by atoms with Gasteiger partial charge in [0.1, 0.15) is 5.01 Å². The molecule has 1 saturated carbocycles. The van der Waals surface area contributed by atoms with E-state index >= 15 is 0 Å². The molecule has 1 fully saturated rings. The molecule has 2 unspecified atom stereocenters. The SMILES string of the molecule is CNC1(c2nc(C)cs2)CCCC1C. The van der Waals surface area contributed by atoms with Crippen molar-refractivity contribution in [1.82, 2.24) is 10.3 Å². The van der Waals surface area contributed by atoms with E-state index in [0.29, 0.717) is 5.92 Å². The molecular formula is C11H18N2S. The second-order valence-electron chi connectivity index (χ2n) is 4.31. The summed E-state index contributed by atoms with van der Waals surface area (Å²) in [6.45, 7) is 4.41. The van der Waals surface area contributed by atoms with Crippen LogP contribution in [0.2, 0.25) is 0 Å². The fraction of sp³-hybridized carbons (Fsp3) is 0.727. The molecule has 3 heteroatoms. The Morgan fingerprint density at radius 1 is 1.64 bits per heavy atom. The molecule has 1 aromatic heterocycles. The van der Waals surface area contributed by atoms with Crippen molar-refractivity contribution in [1.29, 1.82) is 0 Å². The number of nitrogens with one attached hydrogen (secondary N) is 1. The maximum absolute atomic E-state index is 4.64. The van der Waals surface area contributed by atoms with E-state index in [4.69, 9.17) is 0 Å². The Balaban J connectivity index is 2.37. The van der Waals surface area contributed by atoms with Crippen LogP contribution in [-0.4, -0.2) is 12.0 Å². The number of aryl methyl sites for hydroxylation is 1. The summed E-state index contributed by atoms with van der Waals surface area (Å²) in [7, 11) is 2.07. The zero-order valence-electron chi connectivity index (χ0n) is 9.13. The highest BCUT2D eigenvalue weighted by atomic mass is 32.1. The standard InChI is InChI=1S/C11H18N2S/c1-8-5-4-6-11(8,12-3)10-13-9(2)7-14-10/h7-8,12H,4-6H2,1-3H3. The lowest BCUT2D eigenvalue weighted by Crippen LogP contribution is -2.42. The number of aromatic nitrogens is 1. The number of hydrogen-bond donors (Lipinski definition) is 1. The summed E-state index contributed by atoms with van der Waals surface area (Å²) < 4.78 is 0. The summed E-state index contributed by atoms with van der Waals surface area (Å²) in [5, 5.41) is 6.94. The van der Waals surface area contributed by atoms with E-state index in [-0.39, 0.29) is 5.54 Å². The first-order chi connectivity index (χ1) is 6.69. The van der Waals surface area contributed by atoms with Gasteiger partial charge in [-0.1, -0.05) is 13.3 Å². The molecule has 0 saturated heterocycles. The molecule has 1 N–H and O–H groups in total. The van der Waals surface area contributed by atoms with Crippen LogP contribution >= 0.6 is 11.3 Å². The molecule has 2 atom stereocenters. The molecule has 0 bridgehead atoms. The molecule has 0 radical (unpaired) electrons. The van der Waals surface area contributed by atoms with Crippen molar-refractivity contribution in [3.8, 4) is 0 Å². The average molecular weight is 210 g/mol. The van der Waals surface area contributed by atoms with Crippen LogP contribution in [0.3, 0.4) is 0 Å². The Labute approximate surface area is 89.8 Å². The molecule has 0 amide bonds. The number of nitrogens with zero attached hydrogens (tertiary/aromatic N) is 1. The number of rotatable bonds is 2. The molecule has 2 rings (SSSR count). The molecular weight excluding hydrogens is 192 g/mol. The molecule has 1 aliphatic carbocycles. The normalized spacial score (nSPS) is 32.4. The van der Waals surface area contributed by atoms with Gasteiger partial charge in [0.25, 0.3) is 0 Å². The highest BCUT2D eigenvalue weighted by molar-refractivity contribution is 7.09. The molecule has 1 aromatic rings. The smallest absolute Gasteiger partial charge is 0.113 e. The van der Waals surface area contributed by atoms with Crippen LogP contribution in [-0.2, 0) is 5.54 Å². The van der Waals surface area contributed by atoms with Gasteiger partial charge in [0.05, 0.1) is 5.54 Å². The van der Waals surface area contributed by atoms with Crippen LogP contribution in [0.4, 0.5) is 0 Å². The summed E-state index contributed by atoms with van der Waals surface area (Å²) in [5.74, 6) is 0.707. The number of thiazole rings is 1. The maximum atomic E-state index is 4.64. The van der Waals surface area contributed by atoms with Crippen LogP contribution in [0, 0.1) is 12.8 Å². The van der Waals surface area contributed by atoms with Crippen molar-refractivity contribution < 1.29 is 0 Å². The van der Waals surface area contributed by atoms with E-state index < -0.39 is 0 Å².